The fourth-order valence-corrected chi connectivity index (χ4v) is 5.18. The Morgan fingerprint density at radius 3 is 2.50 bits per heavy atom. The molecule has 1 aliphatic heterocycles. The van der Waals surface area contributed by atoms with Crippen LogP contribution in [0.3, 0.4) is 0 Å². The summed E-state index contributed by atoms with van der Waals surface area (Å²) in [5.41, 5.74) is 0.769. The first-order chi connectivity index (χ1) is 16.3. The average Bonchev–Trinajstić information content (AvgIpc) is 3.06. The van der Waals surface area contributed by atoms with Crippen molar-refractivity contribution in [1.82, 2.24) is 4.90 Å². The number of benzene rings is 1. The number of carbonyl (C=O) groups excluding carboxylic acids is 1. The number of nitrogens with zero attached hydrogens (tertiary/aromatic N) is 1. The maximum Gasteiger partial charge on any atom is 0.326 e. The fraction of sp³-hybridized carbons (Fsp3) is 0.577. The van der Waals surface area contributed by atoms with E-state index in [0.29, 0.717) is 35.9 Å². The third-order valence-corrected chi connectivity index (χ3v) is 6.92. The highest BCUT2D eigenvalue weighted by Crippen LogP contribution is 2.37. The summed E-state index contributed by atoms with van der Waals surface area (Å²) in [6.45, 7) is 8.58. The minimum atomic E-state index is -1.04. The molecule has 0 radical (unpaired) electrons. The zero-order chi connectivity index (χ0) is 25.1. The van der Waals surface area contributed by atoms with E-state index >= 15 is 0 Å². The van der Waals surface area contributed by atoms with Crippen LogP contribution >= 0.6 is 24.0 Å². The lowest BCUT2D eigenvalue weighted by Gasteiger charge is -2.22. The number of thiocarbonyl (C=S) groups is 1. The van der Waals surface area contributed by atoms with Gasteiger partial charge in [0, 0.05) is 0 Å². The first kappa shape index (κ1) is 28.2. The van der Waals surface area contributed by atoms with Crippen molar-refractivity contribution >= 4 is 46.3 Å². The molecular weight excluding hydrogens is 470 g/mol. The van der Waals surface area contributed by atoms with Crippen LogP contribution in [-0.2, 0) is 9.59 Å². The molecule has 1 N–H and O–H groups in total. The summed E-state index contributed by atoms with van der Waals surface area (Å²) in [6, 6.07) is 4.64. The van der Waals surface area contributed by atoms with Gasteiger partial charge in [0.05, 0.1) is 17.6 Å². The summed E-state index contributed by atoms with van der Waals surface area (Å²) in [5.74, 6) is -0.106. The van der Waals surface area contributed by atoms with Gasteiger partial charge in [0.2, 0.25) is 0 Å². The lowest BCUT2D eigenvalue weighted by Crippen LogP contribution is -2.43. The lowest BCUT2D eigenvalue weighted by atomic mass is 10.1. The van der Waals surface area contributed by atoms with Gasteiger partial charge in [-0.3, -0.25) is 9.69 Å². The average molecular weight is 508 g/mol. The predicted molar refractivity (Wildman–Crippen MR) is 142 cm³/mol. The molecular formula is C26H37NO5S2. The number of aliphatic carboxylic acids is 1. The van der Waals surface area contributed by atoms with Gasteiger partial charge in [-0.1, -0.05) is 76.0 Å². The van der Waals surface area contributed by atoms with Crippen molar-refractivity contribution < 1.29 is 24.2 Å². The van der Waals surface area contributed by atoms with E-state index in [1.807, 2.05) is 32.0 Å². The van der Waals surface area contributed by atoms with Gasteiger partial charge < -0.3 is 14.6 Å². The maximum atomic E-state index is 13.0. The third-order valence-electron chi connectivity index (χ3n) is 5.59. The molecule has 0 saturated carbocycles. The van der Waals surface area contributed by atoms with Crippen LogP contribution in [0.2, 0.25) is 0 Å². The fourth-order valence-electron chi connectivity index (χ4n) is 3.83. The van der Waals surface area contributed by atoms with Gasteiger partial charge in [-0.2, -0.15) is 0 Å². The van der Waals surface area contributed by atoms with Crippen molar-refractivity contribution in [3.05, 3.63) is 28.7 Å². The van der Waals surface area contributed by atoms with Crippen LogP contribution in [0.25, 0.3) is 6.08 Å². The molecule has 1 fully saturated rings. The molecule has 1 saturated heterocycles. The number of hydrogen-bond donors (Lipinski definition) is 1. The minimum absolute atomic E-state index is 0.0782. The van der Waals surface area contributed by atoms with Crippen LogP contribution in [0.5, 0.6) is 11.5 Å². The number of unbranched alkanes of at least 4 members (excludes halogenated alkanes) is 4. The van der Waals surface area contributed by atoms with E-state index in [9.17, 15) is 14.7 Å². The number of hydrogen-bond acceptors (Lipinski definition) is 6. The van der Waals surface area contributed by atoms with Crippen molar-refractivity contribution in [3.63, 3.8) is 0 Å². The summed E-state index contributed by atoms with van der Waals surface area (Å²) in [7, 11) is 0. The predicted octanol–water partition coefficient (Wildman–Crippen LogP) is 6.67. The van der Waals surface area contributed by atoms with Crippen LogP contribution < -0.4 is 9.47 Å². The molecule has 0 aliphatic carbocycles. The van der Waals surface area contributed by atoms with Crippen molar-refractivity contribution in [3.8, 4) is 11.5 Å². The van der Waals surface area contributed by atoms with Crippen LogP contribution in [-0.4, -0.2) is 45.0 Å². The Balaban J connectivity index is 2.14. The highest BCUT2D eigenvalue weighted by Gasteiger charge is 2.40. The number of ether oxygens (including phenoxy) is 2. The van der Waals surface area contributed by atoms with Gasteiger partial charge in [-0.05, 0) is 56.9 Å². The largest absolute Gasteiger partial charge is 0.490 e. The van der Waals surface area contributed by atoms with Crippen LogP contribution in [0, 0.1) is 0 Å². The highest BCUT2D eigenvalue weighted by molar-refractivity contribution is 8.26. The monoisotopic (exact) mass is 507 g/mol. The van der Waals surface area contributed by atoms with Crippen molar-refractivity contribution in [1.29, 1.82) is 0 Å². The summed E-state index contributed by atoms with van der Waals surface area (Å²) >= 11 is 6.46. The Hall–Kier alpha value is -2.06. The summed E-state index contributed by atoms with van der Waals surface area (Å²) in [5, 5.41) is 9.55. The molecule has 8 heteroatoms. The first-order valence-corrected chi connectivity index (χ1v) is 13.5. The molecule has 1 amide bonds. The van der Waals surface area contributed by atoms with Crippen molar-refractivity contribution in [2.45, 2.75) is 91.2 Å². The van der Waals surface area contributed by atoms with E-state index in [0.717, 1.165) is 30.2 Å². The van der Waals surface area contributed by atoms with Gasteiger partial charge in [-0.25, -0.2) is 4.79 Å². The van der Waals surface area contributed by atoms with E-state index in [-0.39, 0.29) is 16.3 Å². The van der Waals surface area contributed by atoms with Gasteiger partial charge in [0.25, 0.3) is 5.91 Å². The van der Waals surface area contributed by atoms with E-state index in [1.165, 1.54) is 30.6 Å². The molecule has 6 nitrogen and oxygen atoms in total. The third kappa shape index (κ3) is 8.01. The Kier molecular flexibility index (Phi) is 11.9. The second-order valence-electron chi connectivity index (χ2n) is 8.46. The lowest BCUT2D eigenvalue weighted by molar-refractivity contribution is -0.145. The quantitative estimate of drug-likeness (QED) is 0.161. The summed E-state index contributed by atoms with van der Waals surface area (Å²) in [6.07, 6.45) is 9.93. The van der Waals surface area contributed by atoms with Crippen LogP contribution in [0.1, 0.15) is 84.6 Å². The van der Waals surface area contributed by atoms with Gasteiger partial charge in [0.15, 0.2) is 11.5 Å². The molecule has 0 spiro atoms. The highest BCUT2D eigenvalue weighted by atomic mass is 32.2. The van der Waals surface area contributed by atoms with E-state index in [2.05, 4.69) is 13.8 Å². The molecule has 0 aromatic heterocycles. The first-order valence-electron chi connectivity index (χ1n) is 12.3. The number of thioether (sulfide) groups is 1. The SMILES string of the molecule is CCCCCCC[C@H](C)Oc1ccc(/C=C2/SC(=S)N([C@@H](CCC)C(=O)O)C2=O)cc1OCC. The Labute approximate surface area is 213 Å². The second-order valence-corrected chi connectivity index (χ2v) is 10.1. The van der Waals surface area contributed by atoms with Gasteiger partial charge in [-0.15, -0.1) is 0 Å². The Morgan fingerprint density at radius 2 is 1.85 bits per heavy atom. The zero-order valence-corrected chi connectivity index (χ0v) is 22.3. The number of carbonyl (C=O) groups is 2. The van der Waals surface area contributed by atoms with E-state index in [1.54, 1.807) is 6.08 Å². The molecule has 1 aliphatic rings. The molecule has 2 rings (SSSR count). The second kappa shape index (κ2) is 14.4. The van der Waals surface area contributed by atoms with Crippen molar-refractivity contribution in [2.75, 3.05) is 6.61 Å². The zero-order valence-electron chi connectivity index (χ0n) is 20.7. The number of carboxylic acid groups (broad SMARTS) is 1. The minimum Gasteiger partial charge on any atom is -0.490 e. The van der Waals surface area contributed by atoms with Gasteiger partial charge >= 0.3 is 5.97 Å². The molecule has 1 heterocycles. The van der Waals surface area contributed by atoms with Gasteiger partial charge in [0.1, 0.15) is 10.4 Å². The number of amides is 1. The molecule has 34 heavy (non-hydrogen) atoms. The molecule has 188 valence electrons. The molecule has 1 aromatic rings. The number of carboxylic acids is 1. The smallest absolute Gasteiger partial charge is 0.326 e. The normalized spacial score (nSPS) is 16.7. The summed E-state index contributed by atoms with van der Waals surface area (Å²) < 4.78 is 12.2. The topological polar surface area (TPSA) is 76.1 Å². The molecule has 0 bridgehead atoms. The Morgan fingerprint density at radius 1 is 1.12 bits per heavy atom. The molecule has 2 atom stereocenters. The molecule has 1 aromatic carbocycles. The van der Waals surface area contributed by atoms with E-state index < -0.39 is 12.0 Å². The summed E-state index contributed by atoms with van der Waals surface area (Å²) in [4.78, 5) is 26.3. The maximum absolute atomic E-state index is 13.0. The van der Waals surface area contributed by atoms with Crippen molar-refractivity contribution in [2.24, 2.45) is 0 Å². The van der Waals surface area contributed by atoms with Crippen LogP contribution in [0.4, 0.5) is 0 Å². The van der Waals surface area contributed by atoms with E-state index in [4.69, 9.17) is 21.7 Å². The Bertz CT molecular complexity index is 886. The standard InChI is InChI=1S/C26H37NO5S2/c1-5-8-9-10-11-13-18(4)32-21-15-14-19(16-22(21)31-7-3)17-23-24(28)27(26(33)34-23)20(12-6-2)25(29)30/h14-18,20H,5-13H2,1-4H3,(H,29,30)/b23-17+/t18-,20-/m0/s1. The number of rotatable bonds is 15. The van der Waals surface area contributed by atoms with Crippen LogP contribution in [0.15, 0.2) is 23.1 Å². The molecule has 0 unspecified atom stereocenters.